The molecule has 11 nitrogen and oxygen atoms in total. The molecule has 1 aromatic carbocycles. The summed E-state index contributed by atoms with van der Waals surface area (Å²) >= 11 is 1.32. The summed E-state index contributed by atoms with van der Waals surface area (Å²) in [5.41, 5.74) is 11.0. The third-order valence-corrected chi connectivity index (χ3v) is 5.02. The lowest BCUT2D eigenvalue weighted by Crippen LogP contribution is -2.40. The Kier molecular flexibility index (Phi) is 8.23. The van der Waals surface area contributed by atoms with E-state index in [1.807, 2.05) is 24.3 Å². The van der Waals surface area contributed by atoms with Crippen molar-refractivity contribution in [2.45, 2.75) is 25.3 Å². The Morgan fingerprint density at radius 1 is 1.33 bits per heavy atom. The van der Waals surface area contributed by atoms with Crippen molar-refractivity contribution in [1.82, 2.24) is 15.2 Å². The number of hydrogen-bond acceptors (Lipinski definition) is 7. The summed E-state index contributed by atoms with van der Waals surface area (Å²) < 4.78 is 0.895. The van der Waals surface area contributed by atoms with Gasteiger partial charge in [0.25, 0.3) is 0 Å². The van der Waals surface area contributed by atoms with Crippen LogP contribution in [0.4, 0.5) is 0 Å². The minimum absolute atomic E-state index is 0.115. The van der Waals surface area contributed by atoms with E-state index in [1.165, 1.54) is 29.5 Å². The number of nitrogens with zero attached hydrogens (tertiary/aromatic N) is 4. The van der Waals surface area contributed by atoms with E-state index in [9.17, 15) is 19.5 Å². The van der Waals surface area contributed by atoms with E-state index >= 15 is 0 Å². The molecule has 0 saturated carbocycles. The van der Waals surface area contributed by atoms with Gasteiger partial charge in [-0.2, -0.15) is 5.10 Å². The zero-order valence-electron chi connectivity index (χ0n) is 16.3. The number of nitrogens with one attached hydrogen (secondary N) is 1. The third kappa shape index (κ3) is 7.13. The van der Waals surface area contributed by atoms with Crippen molar-refractivity contribution >= 4 is 51.5 Å². The number of aromatic nitrogens is 1. The van der Waals surface area contributed by atoms with Gasteiger partial charge < -0.3 is 26.8 Å². The van der Waals surface area contributed by atoms with Crippen molar-refractivity contribution < 1.29 is 19.5 Å². The van der Waals surface area contributed by atoms with Crippen LogP contribution in [0.1, 0.15) is 30.3 Å². The lowest BCUT2D eigenvalue weighted by Gasteiger charge is -2.19. The number of amides is 2. The molecule has 30 heavy (non-hydrogen) atoms. The molecule has 2 aromatic rings. The summed E-state index contributed by atoms with van der Waals surface area (Å²) in [5, 5.41) is 19.4. The number of nitrogens with two attached hydrogens (primary N) is 2. The molecule has 2 rings (SSSR count). The number of rotatable bonds is 10. The second-order valence-electron chi connectivity index (χ2n) is 6.35. The molecule has 0 saturated heterocycles. The van der Waals surface area contributed by atoms with Crippen LogP contribution in [0.3, 0.4) is 0 Å². The summed E-state index contributed by atoms with van der Waals surface area (Å²) in [6.07, 6.45) is 1.49. The van der Waals surface area contributed by atoms with Crippen LogP contribution in [0.5, 0.6) is 0 Å². The molecule has 0 aliphatic rings. The number of aliphatic carboxylic acids is 1. The average Bonchev–Trinajstić information content (AvgIpc) is 3.10. The quantitative estimate of drug-likeness (QED) is 0.238. The molecule has 0 aliphatic carbocycles. The molecule has 160 valence electrons. The highest BCUT2D eigenvalue weighted by Crippen LogP contribution is 2.28. The summed E-state index contributed by atoms with van der Waals surface area (Å²) in [5.74, 6) is -2.01. The van der Waals surface area contributed by atoms with Gasteiger partial charge in [-0.15, -0.1) is 16.4 Å². The molecule has 0 fully saturated rings. The molecule has 1 aromatic heterocycles. The first kappa shape index (κ1) is 22.7. The molecule has 12 heteroatoms. The standard InChI is InChI=1S/C18H23N7O4S/c1-25(15(27)7-4-8-21-24-18(19)20)10-14(26)22-12(9-16(28)29)17-23-11-5-2-3-6-13(11)30-17/h2-3,5-6,8,12H,4,7,9-10H2,1H3,(H,22,26)(H,28,29)(H4,19,20,24)/b21-8-. The number of benzene rings is 1. The van der Waals surface area contributed by atoms with Gasteiger partial charge in [0.2, 0.25) is 17.8 Å². The number of para-hydroxylation sites is 1. The van der Waals surface area contributed by atoms with Crippen LogP contribution in [-0.4, -0.2) is 58.5 Å². The predicted molar refractivity (Wildman–Crippen MR) is 114 cm³/mol. The monoisotopic (exact) mass is 433 g/mol. The van der Waals surface area contributed by atoms with Crippen molar-refractivity contribution in [3.63, 3.8) is 0 Å². The lowest BCUT2D eigenvalue weighted by atomic mass is 10.2. The van der Waals surface area contributed by atoms with E-state index in [0.717, 1.165) is 10.2 Å². The fourth-order valence-electron chi connectivity index (χ4n) is 2.50. The Morgan fingerprint density at radius 3 is 2.73 bits per heavy atom. The number of thiazole rings is 1. The van der Waals surface area contributed by atoms with Crippen molar-refractivity contribution in [2.24, 2.45) is 21.7 Å². The van der Waals surface area contributed by atoms with Gasteiger partial charge in [0.1, 0.15) is 5.01 Å². The van der Waals surface area contributed by atoms with Crippen LogP contribution in [0.2, 0.25) is 0 Å². The van der Waals surface area contributed by atoms with Crippen molar-refractivity contribution in [2.75, 3.05) is 13.6 Å². The minimum Gasteiger partial charge on any atom is -0.481 e. The number of carbonyl (C=O) groups is 3. The molecule has 1 heterocycles. The first-order valence-electron chi connectivity index (χ1n) is 8.97. The summed E-state index contributed by atoms with van der Waals surface area (Å²) in [6.45, 7) is -0.217. The van der Waals surface area contributed by atoms with Crippen LogP contribution in [-0.2, 0) is 14.4 Å². The number of hydrogen-bond donors (Lipinski definition) is 4. The lowest BCUT2D eigenvalue weighted by molar-refractivity contribution is -0.138. The maximum Gasteiger partial charge on any atom is 0.305 e. The van der Waals surface area contributed by atoms with E-state index in [-0.39, 0.29) is 31.3 Å². The van der Waals surface area contributed by atoms with Gasteiger partial charge >= 0.3 is 5.97 Å². The Bertz CT molecular complexity index is 935. The second kappa shape index (κ2) is 10.9. The highest BCUT2D eigenvalue weighted by molar-refractivity contribution is 7.18. The average molecular weight is 433 g/mol. The number of fused-ring (bicyclic) bond motifs is 1. The van der Waals surface area contributed by atoms with Gasteiger partial charge in [-0.05, 0) is 18.6 Å². The molecule has 1 unspecified atom stereocenters. The highest BCUT2D eigenvalue weighted by Gasteiger charge is 2.23. The molecule has 0 spiro atoms. The Balaban J connectivity index is 1.94. The zero-order chi connectivity index (χ0) is 22.1. The predicted octanol–water partition coefficient (Wildman–Crippen LogP) is 0.426. The second-order valence-corrected chi connectivity index (χ2v) is 7.41. The third-order valence-electron chi connectivity index (χ3n) is 3.87. The maximum absolute atomic E-state index is 12.4. The molecule has 2 amide bonds. The van der Waals surface area contributed by atoms with Gasteiger partial charge in [0.05, 0.1) is 29.2 Å². The number of carboxylic acids is 1. The molecule has 0 aliphatic heterocycles. The van der Waals surface area contributed by atoms with E-state index in [4.69, 9.17) is 11.5 Å². The minimum atomic E-state index is -1.07. The van der Waals surface area contributed by atoms with Crippen LogP contribution >= 0.6 is 11.3 Å². The van der Waals surface area contributed by atoms with E-state index < -0.39 is 17.9 Å². The van der Waals surface area contributed by atoms with Gasteiger partial charge in [-0.1, -0.05) is 12.1 Å². The highest BCUT2D eigenvalue weighted by atomic mass is 32.1. The summed E-state index contributed by atoms with van der Waals surface area (Å²) in [7, 11) is 1.49. The van der Waals surface area contributed by atoms with Gasteiger partial charge in [-0.25, -0.2) is 4.98 Å². The van der Waals surface area contributed by atoms with Crippen LogP contribution in [0.15, 0.2) is 34.5 Å². The molecule has 1 atom stereocenters. The number of guanidine groups is 1. The normalized spacial score (nSPS) is 11.9. The Labute approximate surface area is 176 Å². The maximum atomic E-state index is 12.4. The first-order chi connectivity index (χ1) is 14.3. The van der Waals surface area contributed by atoms with E-state index in [2.05, 4.69) is 20.5 Å². The SMILES string of the molecule is CN(CC(=O)NC(CC(=O)O)c1nc2ccccc2s1)C(=O)CC/C=N\N=C(N)N. The smallest absolute Gasteiger partial charge is 0.305 e. The number of carboxylic acid groups (broad SMARTS) is 1. The van der Waals surface area contributed by atoms with Gasteiger partial charge in [0.15, 0.2) is 0 Å². The van der Waals surface area contributed by atoms with Crippen LogP contribution in [0, 0.1) is 0 Å². The molecule has 0 radical (unpaired) electrons. The topological polar surface area (TPSA) is 176 Å². The molecule has 6 N–H and O–H groups in total. The van der Waals surface area contributed by atoms with Crippen molar-refractivity contribution in [1.29, 1.82) is 0 Å². The summed E-state index contributed by atoms with van der Waals surface area (Å²) in [6, 6.07) is 6.59. The Hall–Kier alpha value is -3.54. The fourth-order valence-corrected chi connectivity index (χ4v) is 3.52. The van der Waals surface area contributed by atoms with E-state index in [1.54, 1.807) is 0 Å². The van der Waals surface area contributed by atoms with Crippen molar-refractivity contribution in [3.05, 3.63) is 29.3 Å². The Morgan fingerprint density at radius 2 is 2.07 bits per heavy atom. The van der Waals surface area contributed by atoms with Crippen molar-refractivity contribution in [3.8, 4) is 0 Å². The first-order valence-corrected chi connectivity index (χ1v) is 9.79. The fraction of sp³-hybridized carbons (Fsp3) is 0.333. The van der Waals surface area contributed by atoms with E-state index in [0.29, 0.717) is 11.4 Å². The van der Waals surface area contributed by atoms with Gasteiger partial charge in [-0.3, -0.25) is 14.4 Å². The largest absolute Gasteiger partial charge is 0.481 e. The molecular formula is C18H23N7O4S. The van der Waals surface area contributed by atoms with Gasteiger partial charge in [0, 0.05) is 19.7 Å². The number of likely N-dealkylation sites (N-methyl/N-ethyl adjacent to an activating group) is 1. The summed E-state index contributed by atoms with van der Waals surface area (Å²) in [4.78, 5) is 41.4. The van der Waals surface area contributed by atoms with Crippen LogP contribution < -0.4 is 16.8 Å². The van der Waals surface area contributed by atoms with Crippen LogP contribution in [0.25, 0.3) is 10.2 Å². The molecule has 0 bridgehead atoms. The molecular weight excluding hydrogens is 410 g/mol. The zero-order valence-corrected chi connectivity index (χ0v) is 17.1. The number of carbonyl (C=O) groups excluding carboxylic acids is 2.